The lowest BCUT2D eigenvalue weighted by Crippen LogP contribution is -2.42. The van der Waals surface area contributed by atoms with Gasteiger partial charge >= 0.3 is 0 Å². The number of nitro groups is 1. The van der Waals surface area contributed by atoms with Gasteiger partial charge in [0.2, 0.25) is 5.91 Å². The van der Waals surface area contributed by atoms with Crippen molar-refractivity contribution < 1.29 is 14.5 Å². The summed E-state index contributed by atoms with van der Waals surface area (Å²) in [5.41, 5.74) is 1.51. The van der Waals surface area contributed by atoms with E-state index >= 15 is 0 Å². The summed E-state index contributed by atoms with van der Waals surface area (Å²) in [5, 5.41) is 11.5. The first-order valence-electron chi connectivity index (χ1n) is 8.77. The molecule has 1 aliphatic carbocycles. The monoisotopic (exact) mass is 385 g/mol. The number of amides is 1. The molecule has 1 aromatic rings. The number of thioether (sulfide) groups is 1. The fourth-order valence-electron chi connectivity index (χ4n) is 3.95. The lowest BCUT2D eigenvalue weighted by molar-refractivity contribution is -0.384. The van der Waals surface area contributed by atoms with E-state index in [0.717, 1.165) is 0 Å². The van der Waals surface area contributed by atoms with Crippen LogP contribution < -0.4 is 0 Å². The number of amidine groups is 1. The molecular weight excluding hydrogens is 366 g/mol. The molecule has 2 unspecified atom stereocenters. The number of hydrogen-bond acceptors (Lipinski definition) is 6. The number of Topliss-reactive ketones (excluding diaryl/α,β-unsaturated/α-hetero) is 1. The fraction of sp³-hybridized carbons (Fsp3) is 0.421. The van der Waals surface area contributed by atoms with E-state index in [-0.39, 0.29) is 28.0 Å². The molecule has 2 aliphatic heterocycles. The zero-order valence-electron chi connectivity index (χ0n) is 15.3. The molecule has 3 aliphatic rings. The standard InChI is InChI=1S/C19H19N3O4S/c1-10-17(24)21-16(11-5-4-6-12(7-11)22(25)26)15-13(20-18(21)27-10)8-19(2,3)9-14(15)23/h4-7,10,16H,8-9H2,1-3H3. The Morgan fingerprint density at radius 2 is 2.04 bits per heavy atom. The molecule has 2 atom stereocenters. The Balaban J connectivity index is 1.91. The maximum atomic E-state index is 13.0. The van der Waals surface area contributed by atoms with Gasteiger partial charge in [0.1, 0.15) is 0 Å². The Kier molecular flexibility index (Phi) is 3.99. The first-order valence-corrected chi connectivity index (χ1v) is 9.65. The highest BCUT2D eigenvalue weighted by molar-refractivity contribution is 8.15. The molecule has 140 valence electrons. The van der Waals surface area contributed by atoms with Crippen molar-refractivity contribution in [2.24, 2.45) is 10.4 Å². The van der Waals surface area contributed by atoms with Gasteiger partial charge in [0.25, 0.3) is 5.69 Å². The minimum atomic E-state index is -0.652. The SMILES string of the molecule is CC1SC2=NC3=C(C(=O)CC(C)(C)C3)C(c3cccc([N+](=O)[O-])c3)N2C1=O. The maximum Gasteiger partial charge on any atom is 0.269 e. The number of ketones is 1. The van der Waals surface area contributed by atoms with Crippen LogP contribution in [0.5, 0.6) is 0 Å². The van der Waals surface area contributed by atoms with Crippen molar-refractivity contribution in [2.45, 2.75) is 44.9 Å². The minimum absolute atomic E-state index is 0.0436. The van der Waals surface area contributed by atoms with Crippen LogP contribution in [0.3, 0.4) is 0 Å². The van der Waals surface area contributed by atoms with Crippen LogP contribution in [-0.4, -0.2) is 31.9 Å². The van der Waals surface area contributed by atoms with E-state index in [4.69, 9.17) is 0 Å². The smallest absolute Gasteiger partial charge is 0.269 e. The van der Waals surface area contributed by atoms with Crippen molar-refractivity contribution in [3.05, 3.63) is 51.2 Å². The molecule has 0 saturated carbocycles. The molecule has 1 aromatic carbocycles. The second kappa shape index (κ2) is 6.02. The number of carbonyl (C=O) groups is 2. The van der Waals surface area contributed by atoms with Gasteiger partial charge in [-0.05, 0) is 24.3 Å². The van der Waals surface area contributed by atoms with E-state index in [1.165, 1.54) is 23.9 Å². The van der Waals surface area contributed by atoms with Crippen LogP contribution >= 0.6 is 11.8 Å². The highest BCUT2D eigenvalue weighted by atomic mass is 32.2. The summed E-state index contributed by atoms with van der Waals surface area (Å²) in [6.45, 7) is 5.86. The molecule has 0 aromatic heterocycles. The molecule has 4 rings (SSSR count). The van der Waals surface area contributed by atoms with Crippen LogP contribution in [0.1, 0.15) is 45.2 Å². The summed E-state index contributed by atoms with van der Waals surface area (Å²) < 4.78 is 0. The Morgan fingerprint density at radius 1 is 1.30 bits per heavy atom. The first-order chi connectivity index (χ1) is 12.7. The van der Waals surface area contributed by atoms with Gasteiger partial charge in [-0.15, -0.1) is 0 Å². The molecule has 0 spiro atoms. The van der Waals surface area contributed by atoms with E-state index < -0.39 is 11.0 Å². The van der Waals surface area contributed by atoms with E-state index in [0.29, 0.717) is 34.8 Å². The Labute approximate surface area is 160 Å². The van der Waals surface area contributed by atoms with Gasteiger partial charge in [-0.2, -0.15) is 0 Å². The maximum absolute atomic E-state index is 13.0. The largest absolute Gasteiger partial charge is 0.294 e. The van der Waals surface area contributed by atoms with E-state index in [2.05, 4.69) is 4.99 Å². The molecule has 7 nitrogen and oxygen atoms in total. The number of hydrogen-bond donors (Lipinski definition) is 0. The Bertz CT molecular complexity index is 950. The van der Waals surface area contributed by atoms with Crippen LogP contribution in [0, 0.1) is 15.5 Å². The number of benzene rings is 1. The van der Waals surface area contributed by atoms with E-state index in [1.807, 2.05) is 20.8 Å². The van der Waals surface area contributed by atoms with Crippen molar-refractivity contribution in [1.82, 2.24) is 4.90 Å². The number of non-ortho nitro benzene ring substituents is 1. The summed E-state index contributed by atoms with van der Waals surface area (Å²) >= 11 is 1.37. The van der Waals surface area contributed by atoms with Crippen molar-refractivity contribution in [2.75, 3.05) is 0 Å². The van der Waals surface area contributed by atoms with Gasteiger partial charge in [0.15, 0.2) is 11.0 Å². The number of allylic oxidation sites excluding steroid dienone is 1. The summed E-state index contributed by atoms with van der Waals surface area (Å²) in [4.78, 5) is 42.8. The molecule has 1 amide bonds. The Morgan fingerprint density at radius 3 is 2.74 bits per heavy atom. The van der Waals surface area contributed by atoms with Crippen LogP contribution in [0.15, 0.2) is 40.5 Å². The minimum Gasteiger partial charge on any atom is -0.294 e. The summed E-state index contributed by atoms with van der Waals surface area (Å²) in [5.74, 6) is -0.169. The van der Waals surface area contributed by atoms with Crippen LogP contribution in [-0.2, 0) is 9.59 Å². The molecule has 2 heterocycles. The average Bonchev–Trinajstić information content (AvgIpc) is 2.86. The number of carbonyl (C=O) groups excluding carboxylic acids is 2. The zero-order valence-corrected chi connectivity index (χ0v) is 16.1. The normalized spacial score (nSPS) is 26.6. The van der Waals surface area contributed by atoms with Crippen molar-refractivity contribution in [3.8, 4) is 0 Å². The van der Waals surface area contributed by atoms with E-state index in [9.17, 15) is 19.7 Å². The van der Waals surface area contributed by atoms with Gasteiger partial charge < -0.3 is 0 Å². The zero-order chi connectivity index (χ0) is 19.5. The van der Waals surface area contributed by atoms with Gasteiger partial charge in [-0.25, -0.2) is 4.99 Å². The molecule has 1 saturated heterocycles. The lowest BCUT2D eigenvalue weighted by Gasteiger charge is -2.39. The predicted octanol–water partition coefficient (Wildman–Crippen LogP) is 3.61. The van der Waals surface area contributed by atoms with Gasteiger partial charge in [0, 0.05) is 24.1 Å². The second-order valence-corrected chi connectivity index (χ2v) is 9.23. The molecule has 0 bridgehead atoms. The van der Waals surface area contributed by atoms with Crippen LogP contribution in [0.2, 0.25) is 0 Å². The van der Waals surface area contributed by atoms with Gasteiger partial charge in [0.05, 0.1) is 21.9 Å². The molecule has 0 radical (unpaired) electrons. The number of nitro benzene ring substituents is 1. The molecule has 1 fully saturated rings. The third-order valence-electron chi connectivity index (χ3n) is 5.13. The molecule has 8 heteroatoms. The summed E-state index contributed by atoms with van der Waals surface area (Å²) in [6, 6.07) is 5.53. The van der Waals surface area contributed by atoms with E-state index in [1.54, 1.807) is 17.0 Å². The van der Waals surface area contributed by atoms with Crippen LogP contribution in [0.25, 0.3) is 0 Å². The quantitative estimate of drug-likeness (QED) is 0.573. The molecular formula is C19H19N3O4S. The molecule has 0 N–H and O–H groups in total. The number of aliphatic imine (C=N–C) groups is 1. The highest BCUT2D eigenvalue weighted by Crippen LogP contribution is 2.49. The summed E-state index contributed by atoms with van der Waals surface area (Å²) in [6.07, 6.45) is 1.01. The van der Waals surface area contributed by atoms with Gasteiger partial charge in [-0.3, -0.25) is 24.6 Å². The topological polar surface area (TPSA) is 92.9 Å². The highest BCUT2D eigenvalue weighted by Gasteiger charge is 2.49. The number of nitrogens with zero attached hydrogens (tertiary/aromatic N) is 3. The van der Waals surface area contributed by atoms with Gasteiger partial charge in [-0.1, -0.05) is 37.7 Å². The Hall–Kier alpha value is -2.48. The van der Waals surface area contributed by atoms with Crippen molar-refractivity contribution in [3.63, 3.8) is 0 Å². The third-order valence-corrected chi connectivity index (χ3v) is 6.18. The predicted molar refractivity (Wildman–Crippen MR) is 102 cm³/mol. The lowest BCUT2D eigenvalue weighted by atomic mass is 9.73. The van der Waals surface area contributed by atoms with Crippen molar-refractivity contribution >= 4 is 34.3 Å². The average molecular weight is 385 g/mol. The van der Waals surface area contributed by atoms with Crippen LogP contribution in [0.4, 0.5) is 5.69 Å². The number of rotatable bonds is 2. The van der Waals surface area contributed by atoms with Crippen molar-refractivity contribution in [1.29, 1.82) is 0 Å². The number of fused-ring (bicyclic) bond motifs is 1. The summed E-state index contributed by atoms with van der Waals surface area (Å²) in [7, 11) is 0. The third kappa shape index (κ3) is 2.88. The second-order valence-electron chi connectivity index (χ2n) is 7.92. The first kappa shape index (κ1) is 17.9. The molecule has 27 heavy (non-hydrogen) atoms. The fourth-order valence-corrected chi connectivity index (χ4v) is 4.96.